The molecule has 0 amide bonds. The van der Waals surface area contributed by atoms with Gasteiger partial charge in [0, 0.05) is 25.1 Å². The lowest BCUT2D eigenvalue weighted by atomic mass is 10.0. The zero-order valence-corrected chi connectivity index (χ0v) is 13.0. The molecule has 0 bridgehead atoms. The summed E-state index contributed by atoms with van der Waals surface area (Å²) in [7, 11) is 4.30. The van der Waals surface area contributed by atoms with Gasteiger partial charge in [-0.3, -0.25) is 0 Å². The molecule has 1 aromatic rings. The lowest BCUT2D eigenvalue weighted by Gasteiger charge is -2.36. The van der Waals surface area contributed by atoms with Crippen LogP contribution in [0.3, 0.4) is 0 Å². The third kappa shape index (κ3) is 3.18. The van der Waals surface area contributed by atoms with Crippen molar-refractivity contribution in [2.75, 3.05) is 32.1 Å². The van der Waals surface area contributed by atoms with E-state index in [1.807, 2.05) is 6.92 Å². The van der Waals surface area contributed by atoms with Gasteiger partial charge in [-0.2, -0.15) is 0 Å². The maximum atomic E-state index is 6.22. The third-order valence-electron chi connectivity index (χ3n) is 3.99. The van der Waals surface area contributed by atoms with E-state index in [0.29, 0.717) is 11.2 Å². The first-order valence-corrected chi connectivity index (χ1v) is 7.35. The van der Waals surface area contributed by atoms with E-state index in [1.165, 1.54) is 12.8 Å². The Morgan fingerprint density at radius 2 is 1.95 bits per heavy atom. The molecule has 0 radical (unpaired) electrons. The van der Waals surface area contributed by atoms with Crippen LogP contribution in [-0.4, -0.2) is 48.1 Å². The summed E-state index contributed by atoms with van der Waals surface area (Å²) in [5, 5.41) is 0.585. The molecule has 106 valence electrons. The van der Waals surface area contributed by atoms with Crippen molar-refractivity contribution in [2.45, 2.75) is 39.2 Å². The highest BCUT2D eigenvalue weighted by molar-refractivity contribution is 6.30. The Hall–Kier alpha value is -0.870. The van der Waals surface area contributed by atoms with Gasteiger partial charge >= 0.3 is 0 Å². The molecule has 1 aliphatic rings. The molecule has 1 aliphatic heterocycles. The Morgan fingerprint density at radius 1 is 1.32 bits per heavy atom. The van der Waals surface area contributed by atoms with Crippen molar-refractivity contribution in [1.29, 1.82) is 0 Å². The second kappa shape index (κ2) is 6.06. The first-order chi connectivity index (χ1) is 9.02. The number of aromatic nitrogens is 2. The van der Waals surface area contributed by atoms with Gasteiger partial charge in [-0.15, -0.1) is 0 Å². The van der Waals surface area contributed by atoms with Crippen molar-refractivity contribution in [3.8, 4) is 0 Å². The van der Waals surface area contributed by atoms with Crippen LogP contribution in [-0.2, 0) is 6.42 Å². The number of halogens is 1. The van der Waals surface area contributed by atoms with Crippen LogP contribution in [0.5, 0.6) is 0 Å². The average molecular weight is 283 g/mol. The Bertz CT molecular complexity index is 441. The molecule has 1 aromatic heterocycles. The van der Waals surface area contributed by atoms with Gasteiger partial charge < -0.3 is 9.80 Å². The minimum absolute atomic E-state index is 0.547. The first kappa shape index (κ1) is 14.5. The largest absolute Gasteiger partial charge is 0.356 e. The van der Waals surface area contributed by atoms with Crippen LogP contribution in [0.2, 0.25) is 5.15 Å². The van der Waals surface area contributed by atoms with Crippen LogP contribution in [0.1, 0.15) is 31.2 Å². The van der Waals surface area contributed by atoms with E-state index >= 15 is 0 Å². The fourth-order valence-corrected chi connectivity index (χ4v) is 2.76. The molecule has 0 spiro atoms. The fraction of sp³-hybridized carbons (Fsp3) is 0.714. The van der Waals surface area contributed by atoms with Crippen molar-refractivity contribution in [3.63, 3.8) is 0 Å². The van der Waals surface area contributed by atoms with Gasteiger partial charge in [-0.05, 0) is 39.9 Å². The predicted octanol–water partition coefficient (Wildman–Crippen LogP) is 2.53. The number of hydrogen-bond donors (Lipinski definition) is 0. The molecule has 0 aromatic carbocycles. The number of nitrogens with zero attached hydrogens (tertiary/aromatic N) is 4. The molecule has 1 saturated heterocycles. The summed E-state index contributed by atoms with van der Waals surface area (Å²) >= 11 is 6.22. The highest BCUT2D eigenvalue weighted by atomic mass is 35.5. The summed E-state index contributed by atoms with van der Waals surface area (Å²) in [4.78, 5) is 13.6. The van der Waals surface area contributed by atoms with Crippen LogP contribution < -0.4 is 4.90 Å². The minimum atomic E-state index is 0.547. The van der Waals surface area contributed by atoms with Crippen LogP contribution in [0.15, 0.2) is 0 Å². The van der Waals surface area contributed by atoms with Gasteiger partial charge in [0.05, 0.1) is 0 Å². The molecule has 0 saturated carbocycles. The van der Waals surface area contributed by atoms with Crippen molar-refractivity contribution >= 4 is 17.4 Å². The quantitative estimate of drug-likeness (QED) is 0.798. The van der Waals surface area contributed by atoms with Crippen LogP contribution >= 0.6 is 11.6 Å². The number of piperidine rings is 1. The van der Waals surface area contributed by atoms with E-state index in [1.54, 1.807) is 0 Å². The smallest absolute Gasteiger partial charge is 0.137 e. The third-order valence-corrected chi connectivity index (χ3v) is 4.36. The predicted molar refractivity (Wildman–Crippen MR) is 80.1 cm³/mol. The number of hydrogen-bond acceptors (Lipinski definition) is 4. The van der Waals surface area contributed by atoms with E-state index in [2.05, 4.69) is 40.8 Å². The second-order valence-corrected chi connectivity index (χ2v) is 5.74. The van der Waals surface area contributed by atoms with E-state index in [-0.39, 0.29) is 0 Å². The molecular weight excluding hydrogens is 260 g/mol. The number of aryl methyl sites for hydroxylation is 1. The van der Waals surface area contributed by atoms with Gasteiger partial charge in [-0.1, -0.05) is 18.5 Å². The zero-order valence-electron chi connectivity index (χ0n) is 12.3. The molecule has 19 heavy (non-hydrogen) atoms. The van der Waals surface area contributed by atoms with Gasteiger partial charge in [0.2, 0.25) is 0 Å². The Labute approximate surface area is 120 Å². The average Bonchev–Trinajstić information content (AvgIpc) is 2.41. The summed E-state index contributed by atoms with van der Waals surface area (Å²) in [6, 6.07) is 0.547. The van der Waals surface area contributed by atoms with E-state index in [4.69, 9.17) is 11.6 Å². The SMILES string of the molecule is CCc1nc(Cl)c(C)c(N(C)C2CCN(C)CC2)n1. The molecule has 4 nitrogen and oxygen atoms in total. The summed E-state index contributed by atoms with van der Waals surface area (Å²) in [6.07, 6.45) is 3.17. The maximum absolute atomic E-state index is 6.22. The Morgan fingerprint density at radius 3 is 2.53 bits per heavy atom. The molecule has 0 aliphatic carbocycles. The molecule has 0 unspecified atom stereocenters. The molecule has 5 heteroatoms. The summed E-state index contributed by atoms with van der Waals surface area (Å²) in [6.45, 7) is 6.35. The normalized spacial score (nSPS) is 17.7. The standard InChI is InChI=1S/C14H23ClN4/c1-5-12-16-13(15)10(2)14(17-12)19(4)11-6-8-18(3)9-7-11/h11H,5-9H2,1-4H3. The number of likely N-dealkylation sites (tertiary alicyclic amines) is 1. The van der Waals surface area contributed by atoms with Gasteiger partial charge in [0.15, 0.2) is 0 Å². The van der Waals surface area contributed by atoms with Gasteiger partial charge in [0.1, 0.15) is 16.8 Å². The minimum Gasteiger partial charge on any atom is -0.356 e. The van der Waals surface area contributed by atoms with Crippen molar-refractivity contribution in [3.05, 3.63) is 16.5 Å². The van der Waals surface area contributed by atoms with E-state index < -0.39 is 0 Å². The van der Waals surface area contributed by atoms with Crippen molar-refractivity contribution < 1.29 is 0 Å². The highest BCUT2D eigenvalue weighted by Crippen LogP contribution is 2.26. The van der Waals surface area contributed by atoms with Crippen molar-refractivity contribution in [1.82, 2.24) is 14.9 Å². The van der Waals surface area contributed by atoms with Crippen molar-refractivity contribution in [2.24, 2.45) is 0 Å². The van der Waals surface area contributed by atoms with Crippen LogP contribution in [0, 0.1) is 6.92 Å². The van der Waals surface area contributed by atoms with Gasteiger partial charge in [0.25, 0.3) is 0 Å². The number of anilines is 1. The molecule has 2 heterocycles. The first-order valence-electron chi connectivity index (χ1n) is 6.97. The zero-order chi connectivity index (χ0) is 14.0. The molecular formula is C14H23ClN4. The molecule has 0 N–H and O–H groups in total. The lowest BCUT2D eigenvalue weighted by molar-refractivity contribution is 0.252. The van der Waals surface area contributed by atoms with Crippen LogP contribution in [0.25, 0.3) is 0 Å². The maximum Gasteiger partial charge on any atom is 0.137 e. The summed E-state index contributed by atoms with van der Waals surface area (Å²) in [5.74, 6) is 1.82. The molecule has 1 fully saturated rings. The highest BCUT2D eigenvalue weighted by Gasteiger charge is 2.23. The topological polar surface area (TPSA) is 32.3 Å². The molecule has 0 atom stereocenters. The second-order valence-electron chi connectivity index (χ2n) is 5.38. The summed E-state index contributed by atoms with van der Waals surface area (Å²) in [5.41, 5.74) is 0.986. The lowest BCUT2D eigenvalue weighted by Crippen LogP contribution is -2.42. The number of rotatable bonds is 3. The van der Waals surface area contributed by atoms with E-state index in [9.17, 15) is 0 Å². The van der Waals surface area contributed by atoms with E-state index in [0.717, 1.165) is 36.7 Å². The van der Waals surface area contributed by atoms with Crippen LogP contribution in [0.4, 0.5) is 5.82 Å². The molecule has 2 rings (SSSR count). The monoisotopic (exact) mass is 282 g/mol. The summed E-state index contributed by atoms with van der Waals surface area (Å²) < 4.78 is 0. The van der Waals surface area contributed by atoms with Gasteiger partial charge in [-0.25, -0.2) is 9.97 Å². The Kier molecular flexibility index (Phi) is 4.63. The Balaban J connectivity index is 2.23. The fourth-order valence-electron chi connectivity index (χ4n) is 2.58.